The standard InChI is InChI=1S/C22H23N3O/c23-16-21(18-9-5-2-6-10-18)24-11-13-25(14-12-24)22(26)20-15-19(20)17-7-3-1-4-8-17/h1-10,19-21H,11-15H2/t19-,20-,21-/m1/s1. The minimum Gasteiger partial charge on any atom is -0.340 e. The van der Waals surface area contributed by atoms with Crippen LogP contribution in [0.15, 0.2) is 60.7 Å². The van der Waals surface area contributed by atoms with Gasteiger partial charge in [-0.3, -0.25) is 9.69 Å². The first-order chi connectivity index (χ1) is 12.8. The highest BCUT2D eigenvalue weighted by Crippen LogP contribution is 2.48. The van der Waals surface area contributed by atoms with Gasteiger partial charge in [-0.15, -0.1) is 0 Å². The Morgan fingerprint density at radius 1 is 0.962 bits per heavy atom. The fourth-order valence-corrected chi connectivity index (χ4v) is 3.97. The van der Waals surface area contributed by atoms with Crippen molar-refractivity contribution in [2.24, 2.45) is 5.92 Å². The third-order valence-corrected chi connectivity index (χ3v) is 5.56. The van der Waals surface area contributed by atoms with Crippen LogP contribution in [0.25, 0.3) is 0 Å². The lowest BCUT2D eigenvalue weighted by Gasteiger charge is -2.37. The van der Waals surface area contributed by atoms with Gasteiger partial charge in [-0.05, 0) is 23.5 Å². The topological polar surface area (TPSA) is 47.3 Å². The van der Waals surface area contributed by atoms with Crippen molar-refractivity contribution in [3.8, 4) is 6.07 Å². The second-order valence-electron chi connectivity index (χ2n) is 7.16. The van der Waals surface area contributed by atoms with E-state index < -0.39 is 0 Å². The van der Waals surface area contributed by atoms with Gasteiger partial charge in [0.15, 0.2) is 0 Å². The Labute approximate surface area is 154 Å². The maximum atomic E-state index is 12.8. The van der Waals surface area contributed by atoms with E-state index in [1.54, 1.807) is 0 Å². The largest absolute Gasteiger partial charge is 0.340 e. The van der Waals surface area contributed by atoms with Crippen LogP contribution in [0.4, 0.5) is 0 Å². The first kappa shape index (κ1) is 16.8. The van der Waals surface area contributed by atoms with Crippen LogP contribution in [0.3, 0.4) is 0 Å². The summed E-state index contributed by atoms with van der Waals surface area (Å²) in [6, 6.07) is 22.4. The third kappa shape index (κ3) is 3.36. The average Bonchev–Trinajstić information content (AvgIpc) is 3.51. The van der Waals surface area contributed by atoms with Gasteiger partial charge < -0.3 is 4.90 Å². The molecule has 2 aromatic rings. The lowest BCUT2D eigenvalue weighted by Crippen LogP contribution is -2.50. The van der Waals surface area contributed by atoms with Gasteiger partial charge in [0, 0.05) is 32.1 Å². The van der Waals surface area contributed by atoms with E-state index in [-0.39, 0.29) is 17.9 Å². The molecule has 0 unspecified atom stereocenters. The molecule has 0 N–H and O–H groups in total. The molecular weight excluding hydrogens is 322 g/mol. The van der Waals surface area contributed by atoms with Gasteiger partial charge >= 0.3 is 0 Å². The van der Waals surface area contributed by atoms with Crippen LogP contribution in [0.5, 0.6) is 0 Å². The van der Waals surface area contributed by atoms with Crippen molar-refractivity contribution in [2.75, 3.05) is 26.2 Å². The minimum atomic E-state index is -0.230. The number of hydrogen-bond acceptors (Lipinski definition) is 3. The van der Waals surface area contributed by atoms with Gasteiger partial charge in [0.05, 0.1) is 6.07 Å². The zero-order chi connectivity index (χ0) is 17.9. The van der Waals surface area contributed by atoms with E-state index >= 15 is 0 Å². The van der Waals surface area contributed by atoms with Crippen LogP contribution in [-0.4, -0.2) is 41.9 Å². The lowest BCUT2D eigenvalue weighted by molar-refractivity contribution is -0.134. The Bertz CT molecular complexity index is 791. The highest BCUT2D eigenvalue weighted by atomic mass is 16.2. The van der Waals surface area contributed by atoms with Crippen molar-refractivity contribution >= 4 is 5.91 Å². The highest BCUT2D eigenvalue weighted by Gasteiger charge is 2.46. The van der Waals surface area contributed by atoms with Crippen LogP contribution >= 0.6 is 0 Å². The van der Waals surface area contributed by atoms with E-state index in [1.165, 1.54) is 5.56 Å². The predicted octanol–water partition coefficient (Wildman–Crippen LogP) is 3.20. The third-order valence-electron chi connectivity index (χ3n) is 5.56. The molecule has 1 saturated heterocycles. The molecule has 0 aromatic heterocycles. The second-order valence-corrected chi connectivity index (χ2v) is 7.16. The van der Waals surface area contributed by atoms with Gasteiger partial charge in [0.25, 0.3) is 0 Å². The van der Waals surface area contributed by atoms with Crippen molar-refractivity contribution in [1.29, 1.82) is 5.26 Å². The number of nitrogens with zero attached hydrogens (tertiary/aromatic N) is 3. The Balaban J connectivity index is 1.34. The van der Waals surface area contributed by atoms with E-state index in [4.69, 9.17) is 0 Å². The molecule has 2 aromatic carbocycles. The smallest absolute Gasteiger partial charge is 0.226 e. The Kier molecular flexibility index (Phi) is 4.73. The summed E-state index contributed by atoms with van der Waals surface area (Å²) in [6.45, 7) is 2.92. The fraction of sp³-hybridized carbons (Fsp3) is 0.364. The Morgan fingerprint density at radius 2 is 1.58 bits per heavy atom. The monoisotopic (exact) mass is 345 g/mol. The first-order valence-corrected chi connectivity index (χ1v) is 9.30. The zero-order valence-electron chi connectivity index (χ0n) is 14.8. The molecule has 0 spiro atoms. The molecular formula is C22H23N3O. The Morgan fingerprint density at radius 3 is 2.19 bits per heavy atom. The summed E-state index contributed by atoms with van der Waals surface area (Å²) in [5, 5.41) is 9.59. The summed E-state index contributed by atoms with van der Waals surface area (Å²) >= 11 is 0. The lowest BCUT2D eigenvalue weighted by atomic mass is 10.1. The summed E-state index contributed by atoms with van der Waals surface area (Å²) in [7, 11) is 0. The van der Waals surface area contributed by atoms with Crippen molar-refractivity contribution in [3.63, 3.8) is 0 Å². The van der Waals surface area contributed by atoms with Gasteiger partial charge in [0.1, 0.15) is 6.04 Å². The number of nitriles is 1. The van der Waals surface area contributed by atoms with Crippen LogP contribution in [0.1, 0.15) is 29.5 Å². The number of amides is 1. The molecule has 1 amide bonds. The van der Waals surface area contributed by atoms with Crippen LogP contribution in [-0.2, 0) is 4.79 Å². The predicted molar refractivity (Wildman–Crippen MR) is 100 cm³/mol. The van der Waals surface area contributed by atoms with Gasteiger partial charge in [-0.2, -0.15) is 5.26 Å². The number of benzene rings is 2. The molecule has 4 rings (SSSR count). The number of piperazine rings is 1. The van der Waals surface area contributed by atoms with Crippen molar-refractivity contribution in [3.05, 3.63) is 71.8 Å². The molecule has 1 heterocycles. The average molecular weight is 345 g/mol. The van der Waals surface area contributed by atoms with Gasteiger partial charge in [0.2, 0.25) is 5.91 Å². The van der Waals surface area contributed by atoms with E-state index in [0.717, 1.165) is 25.1 Å². The van der Waals surface area contributed by atoms with Crippen LogP contribution in [0, 0.1) is 17.2 Å². The summed E-state index contributed by atoms with van der Waals surface area (Å²) < 4.78 is 0. The molecule has 1 aliphatic heterocycles. The van der Waals surface area contributed by atoms with Crippen LogP contribution in [0.2, 0.25) is 0 Å². The number of carbonyl (C=O) groups is 1. The molecule has 132 valence electrons. The molecule has 1 saturated carbocycles. The molecule has 2 fully saturated rings. The SMILES string of the molecule is N#C[C@H](c1ccccc1)N1CCN(C(=O)[C@@H]2C[C@@H]2c2ccccc2)CC1. The summed E-state index contributed by atoms with van der Waals surface area (Å²) in [6.07, 6.45) is 0.966. The molecule has 3 atom stereocenters. The summed E-state index contributed by atoms with van der Waals surface area (Å²) in [5.41, 5.74) is 2.30. The number of rotatable bonds is 4. The molecule has 26 heavy (non-hydrogen) atoms. The number of carbonyl (C=O) groups excluding carboxylic acids is 1. The summed E-state index contributed by atoms with van der Waals surface area (Å²) in [4.78, 5) is 17.0. The zero-order valence-corrected chi connectivity index (χ0v) is 14.8. The van der Waals surface area contributed by atoms with E-state index in [1.807, 2.05) is 53.4 Å². The molecule has 4 heteroatoms. The molecule has 1 aliphatic carbocycles. The summed E-state index contributed by atoms with van der Waals surface area (Å²) in [5.74, 6) is 0.814. The van der Waals surface area contributed by atoms with E-state index in [0.29, 0.717) is 19.0 Å². The molecule has 0 bridgehead atoms. The maximum Gasteiger partial charge on any atom is 0.226 e. The van der Waals surface area contributed by atoms with Crippen LogP contribution < -0.4 is 0 Å². The van der Waals surface area contributed by atoms with Gasteiger partial charge in [-0.25, -0.2) is 0 Å². The molecule has 2 aliphatic rings. The van der Waals surface area contributed by atoms with E-state index in [2.05, 4.69) is 23.1 Å². The maximum absolute atomic E-state index is 12.8. The quantitative estimate of drug-likeness (QED) is 0.855. The van der Waals surface area contributed by atoms with Crippen molar-refractivity contribution < 1.29 is 4.79 Å². The normalized spacial score (nSPS) is 23.9. The minimum absolute atomic E-state index is 0.143. The first-order valence-electron chi connectivity index (χ1n) is 9.30. The molecule has 4 nitrogen and oxygen atoms in total. The fourth-order valence-electron chi connectivity index (χ4n) is 3.97. The Hall–Kier alpha value is -2.64. The van der Waals surface area contributed by atoms with Gasteiger partial charge in [-0.1, -0.05) is 60.7 Å². The highest BCUT2D eigenvalue weighted by molar-refractivity contribution is 5.83. The van der Waals surface area contributed by atoms with E-state index in [9.17, 15) is 10.1 Å². The number of hydrogen-bond donors (Lipinski definition) is 0. The second kappa shape index (κ2) is 7.31. The molecule has 0 radical (unpaired) electrons. The van der Waals surface area contributed by atoms with Crippen molar-refractivity contribution in [2.45, 2.75) is 18.4 Å². The van der Waals surface area contributed by atoms with Crippen molar-refractivity contribution in [1.82, 2.24) is 9.80 Å².